The molecule has 73 heavy (non-hydrogen) atoms. The van der Waals surface area contributed by atoms with E-state index in [4.69, 9.17) is 0 Å². The fraction of sp³-hybridized carbons (Fsp3) is 0.0625. The molecule has 0 amide bonds. The molecule has 1 atom stereocenters. The maximum absolute atomic E-state index is 16.2. The Labute approximate surface area is 391 Å². The Kier molecular flexibility index (Phi) is 11.4. The fourth-order valence-electron chi connectivity index (χ4n) is 9.02. The predicted molar refractivity (Wildman–Crippen MR) is 214 cm³/mol. The molecule has 0 spiro atoms. The summed E-state index contributed by atoms with van der Waals surface area (Å²) in [4.78, 5) is 14.0. The third-order valence-electron chi connectivity index (χ3n) is 12.2. The first-order chi connectivity index (χ1) is 34.6. The second-order valence-electron chi connectivity index (χ2n) is 16.1. The van der Waals surface area contributed by atoms with E-state index in [-0.39, 0.29) is 0 Å². The van der Waals surface area contributed by atoms with Crippen molar-refractivity contribution in [1.82, 2.24) is 19.9 Å². The van der Waals surface area contributed by atoms with Crippen LogP contribution < -0.4 is 10.7 Å². The molecule has 4 N–H and O–H groups in total. The molecule has 0 saturated carbocycles. The van der Waals surface area contributed by atoms with Gasteiger partial charge in [-0.25, -0.2) is 87.8 Å². The molecule has 2 aliphatic rings. The molecule has 6 bridgehead atoms. The van der Waals surface area contributed by atoms with E-state index in [0.29, 0.717) is 0 Å². The highest BCUT2D eigenvalue weighted by Gasteiger charge is 2.39. The zero-order valence-electron chi connectivity index (χ0n) is 35.1. The van der Waals surface area contributed by atoms with Gasteiger partial charge in [0.2, 0.25) is 23.3 Å². The number of aliphatic imine (C=N–C) groups is 1. The van der Waals surface area contributed by atoms with E-state index < -0.39 is 230 Å². The lowest BCUT2D eigenvalue weighted by Crippen LogP contribution is -2.23. The lowest BCUT2D eigenvalue weighted by Gasteiger charge is -2.21. The Hall–Kier alpha value is -8.25. The fourth-order valence-corrected chi connectivity index (χ4v) is 9.02. The molecule has 1 unspecified atom stereocenters. The Balaban J connectivity index is 1.45. The molecular formula is C48H17F20N5. The molecule has 4 aromatic carbocycles. The Morgan fingerprint density at radius 1 is 0.370 bits per heavy atom. The highest BCUT2D eigenvalue weighted by atomic mass is 19.2. The summed E-state index contributed by atoms with van der Waals surface area (Å²) in [6, 6.07) is 4.76. The number of hydrogen-bond acceptors (Lipinski definition) is 1. The summed E-state index contributed by atoms with van der Waals surface area (Å²) in [6.07, 6.45) is 0.221. The number of rotatable bonds is 4. The molecule has 0 aliphatic carbocycles. The van der Waals surface area contributed by atoms with Crippen molar-refractivity contribution in [2.45, 2.75) is 18.8 Å². The van der Waals surface area contributed by atoms with Gasteiger partial charge in [0.15, 0.2) is 93.1 Å². The summed E-state index contributed by atoms with van der Waals surface area (Å²) in [6.45, 7) is 0. The van der Waals surface area contributed by atoms with Gasteiger partial charge in [0.1, 0.15) is 0 Å². The second kappa shape index (κ2) is 17.2. The van der Waals surface area contributed by atoms with Crippen molar-refractivity contribution in [1.29, 1.82) is 0 Å². The van der Waals surface area contributed by atoms with Crippen molar-refractivity contribution in [2.75, 3.05) is 0 Å². The highest BCUT2D eigenvalue weighted by molar-refractivity contribution is 6.25. The molecule has 2 aliphatic heterocycles. The van der Waals surface area contributed by atoms with Crippen LogP contribution in [0.15, 0.2) is 59.5 Å². The van der Waals surface area contributed by atoms with Crippen molar-refractivity contribution in [3.05, 3.63) is 226 Å². The van der Waals surface area contributed by atoms with Gasteiger partial charge in [-0.3, -0.25) is 4.99 Å². The van der Waals surface area contributed by atoms with Gasteiger partial charge in [0.05, 0.1) is 45.4 Å². The van der Waals surface area contributed by atoms with Crippen LogP contribution in [0.5, 0.6) is 0 Å². The minimum absolute atomic E-state index is 0.570. The first kappa shape index (κ1) is 48.4. The number of nitrogens with zero attached hydrogens (tertiary/aromatic N) is 1. The van der Waals surface area contributed by atoms with E-state index in [1.165, 1.54) is 0 Å². The van der Waals surface area contributed by atoms with Crippen LogP contribution in [0, 0.1) is 116 Å². The van der Waals surface area contributed by atoms with Gasteiger partial charge < -0.3 is 19.9 Å². The van der Waals surface area contributed by atoms with Gasteiger partial charge in [0.25, 0.3) is 0 Å². The first-order valence-corrected chi connectivity index (χ1v) is 20.4. The molecule has 0 radical (unpaired) electrons. The van der Waals surface area contributed by atoms with E-state index in [2.05, 4.69) is 24.9 Å². The average Bonchev–Trinajstić information content (AvgIpc) is 4.26. The topological polar surface area (TPSA) is 75.5 Å². The molecule has 0 saturated heterocycles. The number of hydrogen-bond donors (Lipinski definition) is 4. The highest BCUT2D eigenvalue weighted by Crippen LogP contribution is 2.46. The van der Waals surface area contributed by atoms with Crippen LogP contribution in [0.2, 0.25) is 0 Å². The monoisotopic (exact) mass is 1040 g/mol. The molecule has 6 heterocycles. The van der Waals surface area contributed by atoms with Crippen molar-refractivity contribution in [3.63, 3.8) is 0 Å². The minimum atomic E-state index is -2.70. The van der Waals surface area contributed by atoms with Crippen molar-refractivity contribution < 1.29 is 87.8 Å². The zero-order chi connectivity index (χ0) is 52.5. The van der Waals surface area contributed by atoms with Gasteiger partial charge in [0, 0.05) is 62.3 Å². The van der Waals surface area contributed by atoms with Crippen molar-refractivity contribution in [3.8, 4) is 11.4 Å². The van der Waals surface area contributed by atoms with Gasteiger partial charge in [-0.2, -0.15) is 0 Å². The Morgan fingerprint density at radius 2 is 0.781 bits per heavy atom. The largest absolute Gasteiger partial charge is 0.360 e. The molecular weight excluding hydrogens is 1030 g/mol. The standard InChI is InChI=1S/C48H17F20N5/c49-27-23(28(50)36(58)43(65)35(27)57)19-11-7-9-69-47(11)48-12(8-10-70-48)20(24-29(51)37(59)44(66)38(60)30(24)52)14-2-4-16(72-14)22(26-33(55)41(63)46(68)42(64)34(26)56)18-6-5-17(73-18)21(15-3-1-13(19)71-15)25-31(53)39(61)45(67)40(62)32(25)54/h1-4,7-10,19,69-72H,5-6H2/b20-14+,21-17+,22-16+. The van der Waals surface area contributed by atoms with Gasteiger partial charge in [-0.15, -0.1) is 0 Å². The number of allylic oxidation sites excluding steroid dienone is 1. The zero-order valence-corrected chi connectivity index (χ0v) is 35.1. The molecule has 4 aromatic heterocycles. The van der Waals surface area contributed by atoms with Crippen LogP contribution in [0.25, 0.3) is 28.1 Å². The number of nitrogens with one attached hydrogen (secondary N) is 4. The van der Waals surface area contributed by atoms with E-state index in [9.17, 15) is 17.6 Å². The van der Waals surface area contributed by atoms with E-state index in [0.717, 1.165) is 48.8 Å². The van der Waals surface area contributed by atoms with Gasteiger partial charge in [-0.05, 0) is 54.8 Å². The minimum Gasteiger partial charge on any atom is -0.360 e. The van der Waals surface area contributed by atoms with Crippen LogP contribution in [0.3, 0.4) is 0 Å². The Morgan fingerprint density at radius 3 is 1.29 bits per heavy atom. The third-order valence-corrected chi connectivity index (χ3v) is 12.2. The van der Waals surface area contributed by atoms with Crippen LogP contribution in [0.1, 0.15) is 63.5 Å². The average molecular weight is 1040 g/mol. The number of aromatic nitrogens is 4. The SMILES string of the molecule is Fc1c(F)c(F)c(/C2=C3\CCC(=N3)/C(c3c(F)c(F)c(F)c(F)c3F)=c3/cc/c([nH]3)=C(\c3c(F)c(F)c(F)c(F)c3F)c3cc[nH]c3-c3[nH]ccc3C(c3c(F)c(F)c(F)c(F)c3F)c3ccc2[nH]3)c(F)c1F. The molecule has 374 valence electrons. The van der Waals surface area contributed by atoms with Gasteiger partial charge in [-0.1, -0.05) is 0 Å². The maximum Gasteiger partial charge on any atom is 0.200 e. The second-order valence-corrected chi connectivity index (χ2v) is 16.1. The molecule has 10 rings (SSSR count). The number of benzene rings is 4. The van der Waals surface area contributed by atoms with Crippen LogP contribution in [0.4, 0.5) is 87.8 Å². The molecule has 25 heteroatoms. The number of halogens is 20. The maximum atomic E-state index is 16.2. The lowest BCUT2D eigenvalue weighted by atomic mass is 9.85. The lowest BCUT2D eigenvalue weighted by molar-refractivity contribution is 0.369. The predicted octanol–water partition coefficient (Wildman–Crippen LogP) is 12.1. The molecule has 0 fully saturated rings. The first-order valence-electron chi connectivity index (χ1n) is 20.4. The third kappa shape index (κ3) is 6.97. The van der Waals surface area contributed by atoms with E-state index >= 15 is 70.2 Å². The normalized spacial score (nSPS) is 17.3. The van der Waals surface area contributed by atoms with Crippen molar-refractivity contribution >= 4 is 22.4 Å². The van der Waals surface area contributed by atoms with Crippen LogP contribution in [-0.4, -0.2) is 25.6 Å². The van der Waals surface area contributed by atoms with Crippen molar-refractivity contribution in [2.24, 2.45) is 4.99 Å². The summed E-state index contributed by atoms with van der Waals surface area (Å²) in [5, 5.41) is -1.69. The molecule has 8 aromatic rings. The molecule has 5 nitrogen and oxygen atoms in total. The van der Waals surface area contributed by atoms with E-state index in [1.54, 1.807) is 0 Å². The van der Waals surface area contributed by atoms with E-state index in [1.807, 2.05) is 0 Å². The summed E-state index contributed by atoms with van der Waals surface area (Å²) in [5.41, 5.74) is -16.3. The summed E-state index contributed by atoms with van der Waals surface area (Å²) in [7, 11) is 0. The summed E-state index contributed by atoms with van der Waals surface area (Å²) < 4.78 is 308. The van der Waals surface area contributed by atoms with Crippen LogP contribution >= 0.6 is 0 Å². The van der Waals surface area contributed by atoms with Gasteiger partial charge >= 0.3 is 0 Å². The summed E-state index contributed by atoms with van der Waals surface area (Å²) >= 11 is 0. The summed E-state index contributed by atoms with van der Waals surface area (Å²) in [5.74, 6) is -54.1. The number of H-pyrrole nitrogens is 4. The smallest absolute Gasteiger partial charge is 0.200 e. The van der Waals surface area contributed by atoms with Crippen LogP contribution in [-0.2, 0) is 0 Å². The number of aromatic amines is 4. The Bertz CT molecular complexity index is 3830. The number of fused-ring (bicyclic) bond motifs is 8. The quantitative estimate of drug-likeness (QED) is 0.0770.